The molecule has 0 amide bonds. The third kappa shape index (κ3) is 2.34. The SMILES string of the molecule is Cc1nc(N(N)C2OC(CO)[C@@H](O)[C@H]2O)c(N)c(=O)[nH]1. The van der Waals surface area contributed by atoms with E-state index < -0.39 is 36.7 Å². The highest BCUT2D eigenvalue weighted by Gasteiger charge is 2.45. The number of nitrogens with zero attached hydrogens (tertiary/aromatic N) is 2. The van der Waals surface area contributed by atoms with Gasteiger partial charge in [0.25, 0.3) is 5.56 Å². The number of aryl methyl sites for hydroxylation is 1. The fourth-order valence-corrected chi connectivity index (χ4v) is 2.01. The van der Waals surface area contributed by atoms with Crippen LogP contribution in [0.4, 0.5) is 11.5 Å². The van der Waals surface area contributed by atoms with E-state index in [1.54, 1.807) is 0 Å². The second-order valence-corrected chi connectivity index (χ2v) is 4.52. The van der Waals surface area contributed by atoms with Crippen LogP contribution in [0.25, 0.3) is 0 Å². The number of aromatic amines is 1. The summed E-state index contributed by atoms with van der Waals surface area (Å²) in [5.41, 5.74) is 4.78. The summed E-state index contributed by atoms with van der Waals surface area (Å²) in [5, 5.41) is 29.4. The minimum Gasteiger partial charge on any atom is -0.394 e. The predicted molar refractivity (Wildman–Crippen MR) is 68.4 cm³/mol. The Morgan fingerprint density at radius 3 is 2.65 bits per heavy atom. The van der Waals surface area contributed by atoms with Crippen molar-refractivity contribution in [2.24, 2.45) is 5.84 Å². The van der Waals surface area contributed by atoms with Gasteiger partial charge in [0.05, 0.1) is 6.61 Å². The molecule has 0 radical (unpaired) electrons. The van der Waals surface area contributed by atoms with E-state index in [-0.39, 0.29) is 17.3 Å². The standard InChI is InChI=1S/C10H17N5O5/c1-3-13-8(5(11)9(19)14-3)15(12)10-7(18)6(17)4(2-16)20-10/h4,6-7,10,16-18H,2,11-12H2,1H3,(H,13,14,19)/t4?,6-,7-,10?/m1/s1. The van der Waals surface area contributed by atoms with Crippen LogP contribution in [-0.4, -0.2) is 56.4 Å². The van der Waals surface area contributed by atoms with Gasteiger partial charge in [0, 0.05) is 0 Å². The van der Waals surface area contributed by atoms with Gasteiger partial charge >= 0.3 is 0 Å². The van der Waals surface area contributed by atoms with Crippen LogP contribution in [0.15, 0.2) is 4.79 Å². The van der Waals surface area contributed by atoms with Gasteiger partial charge in [-0.1, -0.05) is 0 Å². The lowest BCUT2D eigenvalue weighted by Crippen LogP contribution is -2.49. The Balaban J connectivity index is 2.33. The van der Waals surface area contributed by atoms with Crippen LogP contribution in [0, 0.1) is 6.92 Å². The molecule has 2 rings (SSSR count). The quantitative estimate of drug-likeness (QED) is 0.247. The van der Waals surface area contributed by atoms with Gasteiger partial charge in [-0.05, 0) is 6.92 Å². The Kier molecular flexibility index (Phi) is 3.92. The zero-order valence-electron chi connectivity index (χ0n) is 10.7. The summed E-state index contributed by atoms with van der Waals surface area (Å²) < 4.78 is 5.23. The van der Waals surface area contributed by atoms with Crippen molar-refractivity contribution in [2.75, 3.05) is 17.3 Å². The van der Waals surface area contributed by atoms with E-state index in [9.17, 15) is 15.0 Å². The molecular weight excluding hydrogens is 270 g/mol. The first-order valence-electron chi connectivity index (χ1n) is 5.89. The molecule has 0 spiro atoms. The molecule has 0 aliphatic carbocycles. The number of nitrogen functional groups attached to an aromatic ring is 1. The maximum Gasteiger partial charge on any atom is 0.276 e. The molecule has 20 heavy (non-hydrogen) atoms. The number of hydrogen-bond acceptors (Lipinski definition) is 9. The summed E-state index contributed by atoms with van der Waals surface area (Å²) in [6.45, 7) is 1.05. The van der Waals surface area contributed by atoms with Crippen LogP contribution < -0.4 is 22.1 Å². The van der Waals surface area contributed by atoms with Crippen molar-refractivity contribution in [2.45, 2.75) is 31.5 Å². The summed E-state index contributed by atoms with van der Waals surface area (Å²) in [4.78, 5) is 17.9. The summed E-state index contributed by atoms with van der Waals surface area (Å²) >= 11 is 0. The van der Waals surface area contributed by atoms with Crippen molar-refractivity contribution in [3.63, 3.8) is 0 Å². The van der Waals surface area contributed by atoms with Crippen molar-refractivity contribution in [3.05, 3.63) is 16.2 Å². The van der Waals surface area contributed by atoms with Crippen molar-refractivity contribution >= 4 is 11.5 Å². The first-order valence-corrected chi connectivity index (χ1v) is 5.89. The van der Waals surface area contributed by atoms with Gasteiger partial charge in [-0.2, -0.15) is 0 Å². The molecule has 2 unspecified atom stereocenters. The number of aliphatic hydroxyl groups excluding tert-OH is 3. The average Bonchev–Trinajstić information content (AvgIpc) is 2.69. The predicted octanol–water partition coefficient (Wildman–Crippen LogP) is -3.22. The highest BCUT2D eigenvalue weighted by molar-refractivity contribution is 5.60. The van der Waals surface area contributed by atoms with E-state index in [0.29, 0.717) is 0 Å². The molecule has 1 aromatic rings. The molecule has 10 nitrogen and oxygen atoms in total. The van der Waals surface area contributed by atoms with Gasteiger partial charge in [-0.15, -0.1) is 0 Å². The van der Waals surface area contributed by atoms with Gasteiger partial charge in [0.1, 0.15) is 29.8 Å². The molecule has 112 valence electrons. The van der Waals surface area contributed by atoms with Crippen molar-refractivity contribution in [1.82, 2.24) is 9.97 Å². The number of ether oxygens (including phenoxy) is 1. The number of hydrazine groups is 1. The van der Waals surface area contributed by atoms with Crippen molar-refractivity contribution < 1.29 is 20.1 Å². The van der Waals surface area contributed by atoms with Crippen LogP contribution >= 0.6 is 0 Å². The molecule has 1 aliphatic rings. The lowest BCUT2D eigenvalue weighted by atomic mass is 10.1. The normalized spacial score (nSPS) is 29.6. The molecule has 8 N–H and O–H groups in total. The Labute approximate surface area is 113 Å². The lowest BCUT2D eigenvalue weighted by Gasteiger charge is -2.27. The van der Waals surface area contributed by atoms with Gasteiger partial charge in [-0.3, -0.25) is 9.80 Å². The minimum absolute atomic E-state index is 0.0823. The number of nitrogens with one attached hydrogen (secondary N) is 1. The van der Waals surface area contributed by atoms with E-state index in [2.05, 4.69) is 9.97 Å². The summed E-state index contributed by atoms with van der Waals surface area (Å²) in [6, 6.07) is 0. The molecule has 4 atom stereocenters. The fourth-order valence-electron chi connectivity index (χ4n) is 2.01. The molecule has 2 heterocycles. The molecule has 1 saturated heterocycles. The smallest absolute Gasteiger partial charge is 0.276 e. The number of aliphatic hydroxyl groups is 3. The zero-order chi connectivity index (χ0) is 15.0. The molecule has 0 saturated carbocycles. The maximum atomic E-state index is 11.6. The third-order valence-corrected chi connectivity index (χ3v) is 3.09. The fraction of sp³-hybridized carbons (Fsp3) is 0.600. The van der Waals surface area contributed by atoms with Crippen LogP contribution in [-0.2, 0) is 4.74 Å². The first kappa shape index (κ1) is 14.7. The second-order valence-electron chi connectivity index (χ2n) is 4.52. The summed E-state index contributed by atoms with van der Waals surface area (Å²) in [5.74, 6) is 5.97. The Morgan fingerprint density at radius 2 is 2.10 bits per heavy atom. The molecule has 1 fully saturated rings. The number of nitrogens with two attached hydrogens (primary N) is 2. The van der Waals surface area contributed by atoms with Gasteiger partial charge in [0.15, 0.2) is 12.0 Å². The highest BCUT2D eigenvalue weighted by atomic mass is 16.6. The largest absolute Gasteiger partial charge is 0.394 e. The summed E-state index contributed by atoms with van der Waals surface area (Å²) in [6.07, 6.45) is -4.85. The molecule has 1 aliphatic heterocycles. The monoisotopic (exact) mass is 287 g/mol. The Bertz CT molecular complexity index is 549. The minimum atomic E-state index is -1.38. The third-order valence-electron chi connectivity index (χ3n) is 3.09. The van der Waals surface area contributed by atoms with E-state index in [0.717, 1.165) is 5.01 Å². The average molecular weight is 287 g/mol. The second kappa shape index (κ2) is 5.34. The number of H-pyrrole nitrogens is 1. The van der Waals surface area contributed by atoms with E-state index >= 15 is 0 Å². The zero-order valence-corrected chi connectivity index (χ0v) is 10.7. The van der Waals surface area contributed by atoms with E-state index in [1.165, 1.54) is 6.92 Å². The molecule has 0 aromatic carbocycles. The topological polar surface area (TPSA) is 171 Å². The first-order chi connectivity index (χ1) is 9.36. The van der Waals surface area contributed by atoms with Crippen molar-refractivity contribution in [1.29, 1.82) is 0 Å². The molecule has 0 bridgehead atoms. The van der Waals surface area contributed by atoms with Crippen LogP contribution in [0.5, 0.6) is 0 Å². The van der Waals surface area contributed by atoms with Gasteiger partial charge in [0.2, 0.25) is 0 Å². The van der Waals surface area contributed by atoms with E-state index in [1.807, 2.05) is 0 Å². The number of anilines is 2. The molecule has 10 heteroatoms. The molecular formula is C10H17N5O5. The highest BCUT2D eigenvalue weighted by Crippen LogP contribution is 2.26. The number of hydrogen-bond donors (Lipinski definition) is 6. The lowest BCUT2D eigenvalue weighted by molar-refractivity contribution is -0.0227. The van der Waals surface area contributed by atoms with Gasteiger partial charge < -0.3 is 30.8 Å². The summed E-state index contributed by atoms with van der Waals surface area (Å²) in [7, 11) is 0. The van der Waals surface area contributed by atoms with Crippen LogP contribution in [0.1, 0.15) is 5.82 Å². The van der Waals surface area contributed by atoms with Crippen molar-refractivity contribution in [3.8, 4) is 0 Å². The van der Waals surface area contributed by atoms with Crippen LogP contribution in [0.2, 0.25) is 0 Å². The number of rotatable bonds is 3. The Hall–Kier alpha value is -1.72. The Morgan fingerprint density at radius 1 is 1.45 bits per heavy atom. The number of aromatic nitrogens is 2. The van der Waals surface area contributed by atoms with E-state index in [4.69, 9.17) is 21.4 Å². The maximum absolute atomic E-state index is 11.6. The van der Waals surface area contributed by atoms with Crippen LogP contribution in [0.3, 0.4) is 0 Å². The molecule has 1 aromatic heterocycles. The van der Waals surface area contributed by atoms with Gasteiger partial charge in [-0.25, -0.2) is 10.8 Å².